The lowest BCUT2D eigenvalue weighted by atomic mass is 10.0. The van der Waals surface area contributed by atoms with E-state index in [4.69, 9.17) is 0 Å². The second-order valence-corrected chi connectivity index (χ2v) is 4.67. The number of nitrogens with zero attached hydrogens (tertiary/aromatic N) is 2. The van der Waals surface area contributed by atoms with Gasteiger partial charge in [0.2, 0.25) is 0 Å². The van der Waals surface area contributed by atoms with Gasteiger partial charge in [0.1, 0.15) is 11.4 Å². The molecule has 0 bridgehead atoms. The minimum atomic E-state index is -0.898. The number of aromatic carboxylic acids is 1. The van der Waals surface area contributed by atoms with Gasteiger partial charge in [0.25, 0.3) is 0 Å². The molecular weight excluding hydrogens is 216 g/mol. The molecule has 17 heavy (non-hydrogen) atoms. The Morgan fingerprint density at radius 1 is 1.47 bits per heavy atom. The van der Waals surface area contributed by atoms with Crippen LogP contribution in [0.5, 0.6) is 0 Å². The van der Waals surface area contributed by atoms with Crippen LogP contribution in [0.2, 0.25) is 0 Å². The molecule has 0 aliphatic carbocycles. The SMILES string of the molecule is Cc1ccc(C(=O)O)c(N2CCCCC2C)n1. The number of piperidine rings is 1. The second kappa shape index (κ2) is 4.73. The molecule has 0 spiro atoms. The molecule has 2 heterocycles. The first kappa shape index (κ1) is 11.9. The van der Waals surface area contributed by atoms with Crippen LogP contribution in [-0.4, -0.2) is 28.6 Å². The van der Waals surface area contributed by atoms with Crippen molar-refractivity contribution < 1.29 is 9.90 Å². The highest BCUT2D eigenvalue weighted by molar-refractivity contribution is 5.93. The number of rotatable bonds is 2. The summed E-state index contributed by atoms with van der Waals surface area (Å²) in [4.78, 5) is 17.8. The highest BCUT2D eigenvalue weighted by Gasteiger charge is 2.24. The minimum Gasteiger partial charge on any atom is -0.478 e. The molecule has 0 radical (unpaired) electrons. The average Bonchev–Trinajstić information content (AvgIpc) is 2.29. The van der Waals surface area contributed by atoms with Gasteiger partial charge in [-0.25, -0.2) is 9.78 Å². The van der Waals surface area contributed by atoms with Gasteiger partial charge in [-0.1, -0.05) is 0 Å². The molecule has 1 aromatic rings. The zero-order chi connectivity index (χ0) is 12.4. The Labute approximate surface area is 101 Å². The maximum Gasteiger partial charge on any atom is 0.339 e. The topological polar surface area (TPSA) is 53.4 Å². The number of carboxylic acids is 1. The molecule has 1 fully saturated rings. The van der Waals surface area contributed by atoms with Crippen LogP contribution in [0.4, 0.5) is 5.82 Å². The van der Waals surface area contributed by atoms with E-state index in [1.54, 1.807) is 12.1 Å². The molecule has 1 N–H and O–H groups in total. The largest absolute Gasteiger partial charge is 0.478 e. The Kier molecular flexibility index (Phi) is 3.31. The van der Waals surface area contributed by atoms with Crippen molar-refractivity contribution in [1.29, 1.82) is 0 Å². The van der Waals surface area contributed by atoms with E-state index in [0.29, 0.717) is 17.4 Å². The number of anilines is 1. The first-order chi connectivity index (χ1) is 8.09. The maximum absolute atomic E-state index is 11.2. The van der Waals surface area contributed by atoms with Gasteiger partial charge in [0.15, 0.2) is 0 Å². The van der Waals surface area contributed by atoms with Gasteiger partial charge >= 0.3 is 5.97 Å². The lowest BCUT2D eigenvalue weighted by Gasteiger charge is -2.35. The Hall–Kier alpha value is -1.58. The summed E-state index contributed by atoms with van der Waals surface area (Å²) in [5.41, 5.74) is 1.17. The monoisotopic (exact) mass is 234 g/mol. The zero-order valence-corrected chi connectivity index (χ0v) is 10.3. The highest BCUT2D eigenvalue weighted by Crippen LogP contribution is 2.26. The van der Waals surface area contributed by atoms with Crippen LogP contribution in [0.15, 0.2) is 12.1 Å². The van der Waals surface area contributed by atoms with Crippen LogP contribution in [0.1, 0.15) is 42.2 Å². The van der Waals surface area contributed by atoms with Gasteiger partial charge in [-0.05, 0) is 45.2 Å². The molecule has 1 unspecified atom stereocenters. The Bertz CT molecular complexity index is 431. The van der Waals surface area contributed by atoms with Crippen molar-refractivity contribution in [2.45, 2.75) is 39.2 Å². The molecule has 1 aromatic heterocycles. The second-order valence-electron chi connectivity index (χ2n) is 4.67. The molecule has 0 saturated carbocycles. The number of carboxylic acid groups (broad SMARTS) is 1. The lowest BCUT2D eigenvalue weighted by Crippen LogP contribution is -2.39. The van der Waals surface area contributed by atoms with Crippen LogP contribution in [-0.2, 0) is 0 Å². The number of hydrogen-bond donors (Lipinski definition) is 1. The lowest BCUT2D eigenvalue weighted by molar-refractivity contribution is 0.0697. The summed E-state index contributed by atoms with van der Waals surface area (Å²) in [6, 6.07) is 3.78. The summed E-state index contributed by atoms with van der Waals surface area (Å²) in [6.07, 6.45) is 3.43. The summed E-state index contributed by atoms with van der Waals surface area (Å²) < 4.78 is 0. The van der Waals surface area contributed by atoms with Crippen molar-refractivity contribution in [3.8, 4) is 0 Å². The molecule has 1 atom stereocenters. The van der Waals surface area contributed by atoms with Gasteiger partial charge in [-0.3, -0.25) is 0 Å². The predicted octanol–water partition coefficient (Wildman–Crippen LogP) is 2.47. The maximum atomic E-state index is 11.2. The minimum absolute atomic E-state index is 0.310. The van der Waals surface area contributed by atoms with Gasteiger partial charge in [0, 0.05) is 18.3 Å². The predicted molar refractivity (Wildman–Crippen MR) is 66.6 cm³/mol. The van der Waals surface area contributed by atoms with Gasteiger partial charge in [-0.2, -0.15) is 0 Å². The molecule has 1 aliphatic rings. The van der Waals surface area contributed by atoms with E-state index >= 15 is 0 Å². The fraction of sp³-hybridized carbons (Fsp3) is 0.538. The Morgan fingerprint density at radius 2 is 2.24 bits per heavy atom. The van der Waals surface area contributed by atoms with Crippen LogP contribution in [0, 0.1) is 6.92 Å². The molecule has 92 valence electrons. The summed E-state index contributed by atoms with van der Waals surface area (Å²) in [7, 11) is 0. The zero-order valence-electron chi connectivity index (χ0n) is 10.3. The Morgan fingerprint density at radius 3 is 2.88 bits per heavy atom. The summed E-state index contributed by atoms with van der Waals surface area (Å²) in [5, 5.41) is 9.21. The van der Waals surface area contributed by atoms with E-state index in [1.807, 2.05) is 6.92 Å². The smallest absolute Gasteiger partial charge is 0.339 e. The molecule has 4 heteroatoms. The van der Waals surface area contributed by atoms with Gasteiger partial charge in [-0.15, -0.1) is 0 Å². The van der Waals surface area contributed by atoms with Crippen molar-refractivity contribution in [1.82, 2.24) is 4.98 Å². The first-order valence-corrected chi connectivity index (χ1v) is 6.07. The third kappa shape index (κ3) is 2.40. The van der Waals surface area contributed by atoms with E-state index in [-0.39, 0.29) is 0 Å². The number of aromatic nitrogens is 1. The van der Waals surface area contributed by atoms with E-state index in [1.165, 1.54) is 6.42 Å². The fourth-order valence-electron chi connectivity index (χ4n) is 2.34. The number of carbonyl (C=O) groups is 1. The third-order valence-electron chi connectivity index (χ3n) is 3.32. The van der Waals surface area contributed by atoms with Crippen LogP contribution < -0.4 is 4.90 Å². The van der Waals surface area contributed by atoms with Crippen molar-refractivity contribution >= 4 is 11.8 Å². The van der Waals surface area contributed by atoms with E-state index in [9.17, 15) is 9.90 Å². The average molecular weight is 234 g/mol. The van der Waals surface area contributed by atoms with Crippen molar-refractivity contribution in [2.75, 3.05) is 11.4 Å². The summed E-state index contributed by atoms with van der Waals surface area (Å²) in [5.74, 6) is -0.269. The molecule has 0 aromatic carbocycles. The summed E-state index contributed by atoms with van der Waals surface area (Å²) in [6.45, 7) is 4.93. The quantitative estimate of drug-likeness (QED) is 0.854. The molecule has 2 rings (SSSR count). The van der Waals surface area contributed by atoms with Gasteiger partial charge < -0.3 is 10.0 Å². The van der Waals surface area contributed by atoms with E-state index in [0.717, 1.165) is 25.1 Å². The van der Waals surface area contributed by atoms with Crippen molar-refractivity contribution in [3.63, 3.8) is 0 Å². The van der Waals surface area contributed by atoms with Gasteiger partial charge in [0.05, 0.1) is 0 Å². The molecule has 1 aliphatic heterocycles. The van der Waals surface area contributed by atoms with Crippen molar-refractivity contribution in [3.05, 3.63) is 23.4 Å². The standard InChI is InChI=1S/C13H18N2O2/c1-9-6-7-11(13(16)17)12(14-9)15-8-4-3-5-10(15)2/h6-7,10H,3-5,8H2,1-2H3,(H,16,17). The molecule has 1 saturated heterocycles. The number of hydrogen-bond acceptors (Lipinski definition) is 3. The highest BCUT2D eigenvalue weighted by atomic mass is 16.4. The van der Waals surface area contributed by atoms with E-state index in [2.05, 4.69) is 16.8 Å². The first-order valence-electron chi connectivity index (χ1n) is 6.07. The number of pyridine rings is 1. The normalized spacial score (nSPS) is 20.4. The van der Waals surface area contributed by atoms with Crippen LogP contribution >= 0.6 is 0 Å². The molecule has 0 amide bonds. The van der Waals surface area contributed by atoms with Crippen LogP contribution in [0.25, 0.3) is 0 Å². The third-order valence-corrected chi connectivity index (χ3v) is 3.32. The van der Waals surface area contributed by atoms with Crippen molar-refractivity contribution in [2.24, 2.45) is 0 Å². The molecule has 4 nitrogen and oxygen atoms in total. The van der Waals surface area contributed by atoms with E-state index < -0.39 is 5.97 Å². The fourth-order valence-corrected chi connectivity index (χ4v) is 2.34. The number of aryl methyl sites for hydroxylation is 1. The Balaban J connectivity index is 2.41. The summed E-state index contributed by atoms with van der Waals surface area (Å²) >= 11 is 0. The van der Waals surface area contributed by atoms with Crippen LogP contribution in [0.3, 0.4) is 0 Å². The molecular formula is C13H18N2O2.